The number of hydrogen-bond donors (Lipinski definition) is 1. The molecule has 2 aromatic carbocycles. The maximum Gasteiger partial charge on any atom is 0.229 e. The Morgan fingerprint density at radius 1 is 1.08 bits per heavy atom. The highest BCUT2D eigenvalue weighted by Crippen LogP contribution is 2.28. The van der Waals surface area contributed by atoms with E-state index in [-0.39, 0.29) is 0 Å². The summed E-state index contributed by atoms with van der Waals surface area (Å²) in [6.07, 6.45) is 2.82. The van der Waals surface area contributed by atoms with Crippen molar-refractivity contribution in [1.82, 2.24) is 9.97 Å². The van der Waals surface area contributed by atoms with Crippen molar-refractivity contribution in [1.29, 1.82) is 0 Å². The van der Waals surface area contributed by atoms with Gasteiger partial charge in [-0.2, -0.15) is 4.98 Å². The van der Waals surface area contributed by atoms with Crippen LogP contribution in [0.2, 0.25) is 5.02 Å². The summed E-state index contributed by atoms with van der Waals surface area (Å²) in [6, 6.07) is 18.5. The van der Waals surface area contributed by atoms with Crippen LogP contribution in [0.1, 0.15) is 18.1 Å². The van der Waals surface area contributed by atoms with Crippen LogP contribution >= 0.6 is 11.6 Å². The van der Waals surface area contributed by atoms with Crippen molar-refractivity contribution in [2.75, 3.05) is 10.2 Å². The van der Waals surface area contributed by atoms with Crippen LogP contribution in [0.4, 0.5) is 17.5 Å². The summed E-state index contributed by atoms with van der Waals surface area (Å²) < 4.78 is 0. The molecule has 0 fully saturated rings. The monoisotopic (exact) mass is 350 g/mol. The Morgan fingerprint density at radius 2 is 1.92 bits per heavy atom. The van der Waals surface area contributed by atoms with Crippen LogP contribution in [0, 0.1) is 0 Å². The van der Waals surface area contributed by atoms with Gasteiger partial charge in [-0.15, -0.1) is 0 Å². The van der Waals surface area contributed by atoms with Crippen LogP contribution in [0.5, 0.6) is 0 Å². The standard InChI is InChI=1S/C20H19ClN4/c1-14-11-15-5-2-3-6-16(15)13-25(14)19-9-10-22-20(24-19)23-18-8-4-7-17(21)12-18/h2-10,12,14H,11,13H2,1H3,(H,22,23,24)/t14-/m0/s1. The van der Waals surface area contributed by atoms with Gasteiger partial charge in [0.15, 0.2) is 0 Å². The number of fused-ring (bicyclic) bond motifs is 1. The molecule has 25 heavy (non-hydrogen) atoms. The van der Waals surface area contributed by atoms with E-state index in [4.69, 9.17) is 16.6 Å². The third-order valence-corrected chi connectivity index (χ3v) is 4.76. The van der Waals surface area contributed by atoms with E-state index in [0.717, 1.165) is 24.5 Å². The van der Waals surface area contributed by atoms with Crippen molar-refractivity contribution < 1.29 is 0 Å². The average molecular weight is 351 g/mol. The van der Waals surface area contributed by atoms with E-state index in [1.165, 1.54) is 11.1 Å². The van der Waals surface area contributed by atoms with Gasteiger partial charge in [-0.05, 0) is 48.7 Å². The topological polar surface area (TPSA) is 41.1 Å². The van der Waals surface area contributed by atoms with Crippen molar-refractivity contribution >= 4 is 29.1 Å². The van der Waals surface area contributed by atoms with Gasteiger partial charge in [-0.1, -0.05) is 41.9 Å². The minimum absolute atomic E-state index is 0.392. The number of rotatable bonds is 3. The van der Waals surface area contributed by atoms with Gasteiger partial charge in [0.2, 0.25) is 5.95 Å². The number of nitrogens with one attached hydrogen (secondary N) is 1. The van der Waals surface area contributed by atoms with Crippen molar-refractivity contribution in [3.05, 3.63) is 76.9 Å². The molecule has 1 aliphatic heterocycles. The quantitative estimate of drug-likeness (QED) is 0.735. The second-order valence-corrected chi connectivity index (χ2v) is 6.76. The molecule has 0 radical (unpaired) electrons. The fourth-order valence-corrected chi connectivity index (χ4v) is 3.44. The molecule has 0 amide bonds. The molecule has 1 N–H and O–H groups in total. The maximum absolute atomic E-state index is 6.04. The van der Waals surface area contributed by atoms with Crippen LogP contribution in [-0.4, -0.2) is 16.0 Å². The van der Waals surface area contributed by atoms with Gasteiger partial charge in [0.05, 0.1) is 0 Å². The zero-order chi connectivity index (χ0) is 17.2. The smallest absolute Gasteiger partial charge is 0.229 e. The molecule has 1 aromatic heterocycles. The van der Waals surface area contributed by atoms with E-state index < -0.39 is 0 Å². The third-order valence-electron chi connectivity index (χ3n) is 4.52. The van der Waals surface area contributed by atoms with E-state index in [2.05, 4.69) is 46.4 Å². The van der Waals surface area contributed by atoms with Gasteiger partial charge in [-0.3, -0.25) is 0 Å². The summed E-state index contributed by atoms with van der Waals surface area (Å²) in [5.74, 6) is 1.51. The van der Waals surface area contributed by atoms with Crippen LogP contribution in [-0.2, 0) is 13.0 Å². The fraction of sp³-hybridized carbons (Fsp3) is 0.200. The molecule has 4 nitrogen and oxygen atoms in total. The first-order chi connectivity index (χ1) is 12.2. The first kappa shape index (κ1) is 15.9. The molecule has 3 aromatic rings. The number of halogens is 1. The van der Waals surface area contributed by atoms with Gasteiger partial charge < -0.3 is 10.2 Å². The summed E-state index contributed by atoms with van der Waals surface area (Å²) in [6.45, 7) is 3.10. The lowest BCUT2D eigenvalue weighted by Crippen LogP contribution is -2.39. The predicted molar refractivity (Wildman–Crippen MR) is 103 cm³/mol. The van der Waals surface area contributed by atoms with Crippen molar-refractivity contribution in [3.8, 4) is 0 Å². The largest absolute Gasteiger partial charge is 0.349 e. The van der Waals surface area contributed by atoms with Crippen molar-refractivity contribution in [3.63, 3.8) is 0 Å². The fourth-order valence-electron chi connectivity index (χ4n) is 3.25. The SMILES string of the molecule is C[C@H]1Cc2ccccc2CN1c1ccnc(Nc2cccc(Cl)c2)n1. The van der Waals surface area contributed by atoms with Gasteiger partial charge in [-0.25, -0.2) is 4.98 Å². The lowest BCUT2D eigenvalue weighted by Gasteiger charge is -2.35. The maximum atomic E-state index is 6.04. The number of benzene rings is 2. The van der Waals surface area contributed by atoms with Crippen molar-refractivity contribution in [2.45, 2.75) is 25.9 Å². The molecule has 0 spiro atoms. The van der Waals surface area contributed by atoms with Crippen LogP contribution in [0.3, 0.4) is 0 Å². The summed E-state index contributed by atoms with van der Waals surface area (Å²) in [4.78, 5) is 11.4. The summed E-state index contributed by atoms with van der Waals surface area (Å²) >= 11 is 6.04. The zero-order valence-corrected chi connectivity index (χ0v) is 14.7. The van der Waals surface area contributed by atoms with E-state index in [9.17, 15) is 0 Å². The van der Waals surface area contributed by atoms with E-state index in [0.29, 0.717) is 17.0 Å². The third kappa shape index (κ3) is 3.44. The molecule has 5 heteroatoms. The molecule has 0 saturated carbocycles. The van der Waals surface area contributed by atoms with E-state index in [1.54, 1.807) is 6.20 Å². The van der Waals surface area contributed by atoms with Crippen LogP contribution < -0.4 is 10.2 Å². The summed E-state index contributed by atoms with van der Waals surface area (Å²) in [5.41, 5.74) is 3.67. The molecule has 0 saturated heterocycles. The lowest BCUT2D eigenvalue weighted by atomic mass is 9.95. The Morgan fingerprint density at radius 3 is 2.76 bits per heavy atom. The summed E-state index contributed by atoms with van der Waals surface area (Å²) in [7, 11) is 0. The molecular weight excluding hydrogens is 332 g/mol. The highest BCUT2D eigenvalue weighted by Gasteiger charge is 2.23. The number of aromatic nitrogens is 2. The average Bonchev–Trinajstić information content (AvgIpc) is 2.61. The molecule has 0 unspecified atom stereocenters. The zero-order valence-electron chi connectivity index (χ0n) is 14.0. The lowest BCUT2D eigenvalue weighted by molar-refractivity contribution is 0.587. The first-order valence-corrected chi connectivity index (χ1v) is 8.76. The number of anilines is 3. The summed E-state index contributed by atoms with van der Waals surface area (Å²) in [5, 5.41) is 3.91. The van der Waals surface area contributed by atoms with Crippen LogP contribution in [0.15, 0.2) is 60.8 Å². The Balaban J connectivity index is 1.59. The second kappa shape index (κ2) is 6.73. The van der Waals surface area contributed by atoms with Gasteiger partial charge in [0.25, 0.3) is 0 Å². The minimum Gasteiger partial charge on any atom is -0.349 e. The van der Waals surface area contributed by atoms with Crippen molar-refractivity contribution in [2.24, 2.45) is 0 Å². The minimum atomic E-state index is 0.392. The molecule has 0 bridgehead atoms. The first-order valence-electron chi connectivity index (χ1n) is 8.38. The molecule has 1 aliphatic rings. The normalized spacial score (nSPS) is 16.4. The van der Waals surface area contributed by atoms with E-state index >= 15 is 0 Å². The number of nitrogens with zero attached hydrogens (tertiary/aromatic N) is 3. The van der Waals surface area contributed by atoms with Gasteiger partial charge in [0.1, 0.15) is 5.82 Å². The Bertz CT molecular complexity index is 896. The van der Waals surface area contributed by atoms with E-state index in [1.807, 2.05) is 30.3 Å². The highest BCUT2D eigenvalue weighted by molar-refractivity contribution is 6.30. The molecule has 126 valence electrons. The predicted octanol–water partition coefficient (Wildman–Crippen LogP) is 4.82. The highest BCUT2D eigenvalue weighted by atomic mass is 35.5. The number of hydrogen-bond acceptors (Lipinski definition) is 4. The molecule has 2 heterocycles. The Kier molecular flexibility index (Phi) is 4.28. The van der Waals surface area contributed by atoms with Gasteiger partial charge in [0, 0.05) is 29.5 Å². The molecule has 1 atom stereocenters. The Hall–Kier alpha value is -2.59. The Labute approximate surface area is 152 Å². The van der Waals surface area contributed by atoms with Crippen LogP contribution in [0.25, 0.3) is 0 Å². The van der Waals surface area contributed by atoms with Gasteiger partial charge >= 0.3 is 0 Å². The molecular formula is C20H19ClN4. The second-order valence-electron chi connectivity index (χ2n) is 6.32. The molecule has 4 rings (SSSR count). The molecule has 0 aliphatic carbocycles.